The molecule has 0 aromatic rings. The van der Waals surface area contributed by atoms with E-state index in [1.807, 2.05) is 0 Å². The molecule has 2 N–H and O–H groups in total. The van der Waals surface area contributed by atoms with E-state index in [1.54, 1.807) is 0 Å². The van der Waals surface area contributed by atoms with Gasteiger partial charge in [-0.15, -0.1) is 0 Å². The molecule has 2 rings (SSSR count). The number of nitrogens with zero attached hydrogens (tertiary/aromatic N) is 1. The van der Waals surface area contributed by atoms with Crippen molar-refractivity contribution in [3.63, 3.8) is 0 Å². The summed E-state index contributed by atoms with van der Waals surface area (Å²) in [6, 6.07) is 0. The first-order valence-corrected chi connectivity index (χ1v) is 7.73. The summed E-state index contributed by atoms with van der Waals surface area (Å²) in [6.07, 6.45) is 1.76. The molecule has 1 saturated carbocycles. The van der Waals surface area contributed by atoms with Gasteiger partial charge < -0.3 is 15.2 Å². The number of hydrogen-bond acceptors (Lipinski definition) is 4. The molecule has 1 amide bonds. The monoisotopic (exact) mass is 298 g/mol. The van der Waals surface area contributed by atoms with Crippen LogP contribution in [0.15, 0.2) is 0 Å². The van der Waals surface area contributed by atoms with Crippen LogP contribution in [0.1, 0.15) is 33.1 Å². The van der Waals surface area contributed by atoms with Crippen molar-refractivity contribution < 1.29 is 19.4 Å². The van der Waals surface area contributed by atoms with E-state index in [0.29, 0.717) is 25.8 Å². The maximum Gasteiger partial charge on any atom is 0.306 e. The third kappa shape index (κ3) is 4.17. The standard InChI is InChI=1S/C15H26N2O4/c1-15(2,17-5-7-21-8-6-17)10-16-13(18)11-3-4-12(9-11)14(19)20/h11-12H,3-10H2,1-2H3,(H,16,18)(H,19,20). The Bertz CT molecular complexity index is 391. The van der Waals surface area contributed by atoms with Gasteiger partial charge in [-0.3, -0.25) is 14.5 Å². The van der Waals surface area contributed by atoms with E-state index in [-0.39, 0.29) is 23.3 Å². The number of amides is 1. The molecule has 0 aromatic heterocycles. The number of carboxylic acid groups (broad SMARTS) is 1. The number of nitrogens with one attached hydrogen (secondary N) is 1. The summed E-state index contributed by atoms with van der Waals surface area (Å²) < 4.78 is 5.35. The SMILES string of the molecule is CC(C)(CNC(=O)C1CCC(C(=O)O)C1)N1CCOCC1. The Morgan fingerprint density at radius 3 is 2.43 bits per heavy atom. The van der Waals surface area contributed by atoms with Crippen molar-refractivity contribution in [3.8, 4) is 0 Å². The van der Waals surface area contributed by atoms with Gasteiger partial charge in [-0.05, 0) is 33.1 Å². The van der Waals surface area contributed by atoms with Crippen molar-refractivity contribution in [2.75, 3.05) is 32.8 Å². The third-order valence-electron chi connectivity index (χ3n) is 4.72. The maximum absolute atomic E-state index is 12.2. The van der Waals surface area contributed by atoms with Gasteiger partial charge in [0, 0.05) is 31.1 Å². The maximum atomic E-state index is 12.2. The average molecular weight is 298 g/mol. The molecule has 6 nitrogen and oxygen atoms in total. The lowest BCUT2D eigenvalue weighted by molar-refractivity contribution is -0.141. The molecule has 2 atom stereocenters. The second-order valence-electron chi connectivity index (χ2n) is 6.67. The van der Waals surface area contributed by atoms with Crippen LogP contribution >= 0.6 is 0 Å². The summed E-state index contributed by atoms with van der Waals surface area (Å²) in [4.78, 5) is 25.5. The Balaban J connectivity index is 1.79. The molecule has 2 fully saturated rings. The molecule has 0 spiro atoms. The van der Waals surface area contributed by atoms with Crippen LogP contribution < -0.4 is 5.32 Å². The molecule has 2 aliphatic rings. The normalized spacial score (nSPS) is 27.5. The van der Waals surface area contributed by atoms with E-state index < -0.39 is 5.97 Å². The Labute approximate surface area is 125 Å². The molecular formula is C15H26N2O4. The number of rotatable bonds is 5. The molecule has 1 aliphatic heterocycles. The van der Waals surface area contributed by atoms with Crippen LogP contribution in [-0.2, 0) is 14.3 Å². The van der Waals surface area contributed by atoms with Crippen molar-refractivity contribution in [3.05, 3.63) is 0 Å². The van der Waals surface area contributed by atoms with E-state index in [4.69, 9.17) is 9.84 Å². The summed E-state index contributed by atoms with van der Waals surface area (Å²) in [5.41, 5.74) is -0.107. The van der Waals surface area contributed by atoms with Crippen LogP contribution in [0.25, 0.3) is 0 Å². The quantitative estimate of drug-likeness (QED) is 0.781. The summed E-state index contributed by atoms with van der Waals surface area (Å²) in [6.45, 7) is 8.06. The van der Waals surface area contributed by atoms with Gasteiger partial charge in [-0.25, -0.2) is 0 Å². The molecule has 1 aliphatic carbocycles. The van der Waals surface area contributed by atoms with Gasteiger partial charge in [0.15, 0.2) is 0 Å². The number of carbonyl (C=O) groups is 2. The molecule has 120 valence electrons. The smallest absolute Gasteiger partial charge is 0.306 e. The zero-order chi connectivity index (χ0) is 15.5. The topological polar surface area (TPSA) is 78.9 Å². The zero-order valence-electron chi connectivity index (χ0n) is 12.9. The van der Waals surface area contributed by atoms with Crippen molar-refractivity contribution >= 4 is 11.9 Å². The van der Waals surface area contributed by atoms with Gasteiger partial charge in [0.25, 0.3) is 0 Å². The van der Waals surface area contributed by atoms with Gasteiger partial charge in [-0.2, -0.15) is 0 Å². The molecule has 0 aromatic carbocycles. The van der Waals surface area contributed by atoms with Gasteiger partial charge >= 0.3 is 5.97 Å². The molecule has 6 heteroatoms. The van der Waals surface area contributed by atoms with E-state index in [9.17, 15) is 9.59 Å². The number of morpholine rings is 1. The predicted molar refractivity (Wildman–Crippen MR) is 77.9 cm³/mol. The number of carboxylic acids is 1. The Morgan fingerprint density at radius 2 is 1.86 bits per heavy atom. The fourth-order valence-electron chi connectivity index (χ4n) is 3.17. The summed E-state index contributed by atoms with van der Waals surface area (Å²) in [5, 5.41) is 12.0. The second-order valence-corrected chi connectivity index (χ2v) is 6.67. The largest absolute Gasteiger partial charge is 0.481 e. The lowest BCUT2D eigenvalue weighted by atomic mass is 10.0. The fraction of sp³-hybridized carbons (Fsp3) is 0.867. The van der Waals surface area contributed by atoms with Crippen molar-refractivity contribution in [1.29, 1.82) is 0 Å². The minimum absolute atomic E-state index is 0.0000782. The number of hydrogen-bond donors (Lipinski definition) is 2. The molecule has 21 heavy (non-hydrogen) atoms. The van der Waals surface area contributed by atoms with Crippen LogP contribution in [0.5, 0.6) is 0 Å². The van der Waals surface area contributed by atoms with Crippen molar-refractivity contribution in [1.82, 2.24) is 10.2 Å². The van der Waals surface area contributed by atoms with E-state index in [2.05, 4.69) is 24.1 Å². The number of carbonyl (C=O) groups excluding carboxylic acids is 1. The first kappa shape index (κ1) is 16.2. The predicted octanol–water partition coefficient (Wildman–Crippen LogP) is 0.714. The van der Waals surface area contributed by atoms with Crippen LogP contribution in [0.3, 0.4) is 0 Å². The summed E-state index contributed by atoms with van der Waals surface area (Å²) in [7, 11) is 0. The Hall–Kier alpha value is -1.14. The molecule has 2 unspecified atom stereocenters. The third-order valence-corrected chi connectivity index (χ3v) is 4.72. The van der Waals surface area contributed by atoms with Gasteiger partial charge in [-0.1, -0.05) is 0 Å². The van der Waals surface area contributed by atoms with Crippen molar-refractivity contribution in [2.24, 2.45) is 11.8 Å². The Kier molecular flexibility index (Phi) is 5.22. The number of aliphatic carboxylic acids is 1. The molecule has 0 bridgehead atoms. The summed E-state index contributed by atoms with van der Waals surface area (Å²) >= 11 is 0. The highest BCUT2D eigenvalue weighted by Crippen LogP contribution is 2.31. The Morgan fingerprint density at radius 1 is 1.24 bits per heavy atom. The highest BCUT2D eigenvalue weighted by molar-refractivity contribution is 5.80. The lowest BCUT2D eigenvalue weighted by Crippen LogP contribution is -2.55. The van der Waals surface area contributed by atoms with Gasteiger partial charge in [0.2, 0.25) is 5.91 Å². The second kappa shape index (κ2) is 6.75. The van der Waals surface area contributed by atoms with Crippen LogP contribution in [0.2, 0.25) is 0 Å². The minimum Gasteiger partial charge on any atom is -0.481 e. The summed E-state index contributed by atoms with van der Waals surface area (Å²) in [5.74, 6) is -1.28. The van der Waals surface area contributed by atoms with Crippen molar-refractivity contribution in [2.45, 2.75) is 38.6 Å². The highest BCUT2D eigenvalue weighted by Gasteiger charge is 2.35. The molecular weight excluding hydrogens is 272 g/mol. The lowest BCUT2D eigenvalue weighted by Gasteiger charge is -2.41. The fourth-order valence-corrected chi connectivity index (χ4v) is 3.17. The van der Waals surface area contributed by atoms with Gasteiger partial charge in [0.1, 0.15) is 0 Å². The number of ether oxygens (including phenoxy) is 1. The average Bonchev–Trinajstić information content (AvgIpc) is 2.96. The van der Waals surface area contributed by atoms with Crippen LogP contribution in [0, 0.1) is 11.8 Å². The van der Waals surface area contributed by atoms with Gasteiger partial charge in [0.05, 0.1) is 19.1 Å². The minimum atomic E-state index is -0.779. The van der Waals surface area contributed by atoms with E-state index >= 15 is 0 Å². The van der Waals surface area contributed by atoms with Crippen LogP contribution in [0.4, 0.5) is 0 Å². The van der Waals surface area contributed by atoms with Crippen LogP contribution in [-0.4, -0.2) is 60.3 Å². The molecule has 0 radical (unpaired) electrons. The van der Waals surface area contributed by atoms with E-state index in [0.717, 1.165) is 26.3 Å². The zero-order valence-corrected chi connectivity index (χ0v) is 12.9. The van der Waals surface area contributed by atoms with E-state index in [1.165, 1.54) is 0 Å². The molecule has 1 saturated heterocycles. The first-order chi connectivity index (χ1) is 9.90. The highest BCUT2D eigenvalue weighted by atomic mass is 16.5. The molecule has 1 heterocycles. The first-order valence-electron chi connectivity index (χ1n) is 7.73.